The third kappa shape index (κ3) is 4.32. The number of hydrogen-bond donors (Lipinski definition) is 3. The molecule has 0 aliphatic carbocycles. The van der Waals surface area contributed by atoms with Crippen LogP contribution in [0.25, 0.3) is 0 Å². The summed E-state index contributed by atoms with van der Waals surface area (Å²) in [5, 5.41) is 14.1. The zero-order valence-electron chi connectivity index (χ0n) is 10.8. The highest BCUT2D eigenvalue weighted by Crippen LogP contribution is 2.16. The van der Waals surface area contributed by atoms with E-state index in [9.17, 15) is 10.1 Å². The average Bonchev–Trinajstić information content (AvgIpc) is 2.96. The van der Waals surface area contributed by atoms with Crippen molar-refractivity contribution in [2.45, 2.75) is 18.9 Å². The van der Waals surface area contributed by atoms with Gasteiger partial charge in [-0.25, -0.2) is 0 Å². The Kier molecular flexibility index (Phi) is 5.08. The lowest BCUT2D eigenvalue weighted by Crippen LogP contribution is -2.41. The van der Waals surface area contributed by atoms with Gasteiger partial charge in [-0.05, 0) is 31.1 Å². The minimum Gasteiger partial charge on any atom is -0.376 e. The molecule has 0 unspecified atom stereocenters. The van der Waals surface area contributed by atoms with Crippen LogP contribution in [0.5, 0.6) is 0 Å². The number of nitro benzene ring substituents is 1. The fraction of sp³-hybridized carbons (Fsp3) is 0.417. The second-order valence-electron chi connectivity index (χ2n) is 4.40. The number of thiocarbonyl (C=S) groups is 1. The summed E-state index contributed by atoms with van der Waals surface area (Å²) >= 11 is 5.10. The Morgan fingerprint density at radius 2 is 2.40 bits per heavy atom. The minimum atomic E-state index is -0.445. The van der Waals surface area contributed by atoms with E-state index < -0.39 is 4.92 Å². The van der Waals surface area contributed by atoms with Crippen molar-refractivity contribution in [2.75, 3.05) is 18.6 Å². The van der Waals surface area contributed by atoms with Crippen LogP contribution in [0.4, 0.5) is 11.4 Å². The molecule has 20 heavy (non-hydrogen) atoms. The van der Waals surface area contributed by atoms with Gasteiger partial charge in [-0.3, -0.25) is 21.0 Å². The summed E-state index contributed by atoms with van der Waals surface area (Å²) in [4.78, 5) is 10.2. The molecule has 0 spiro atoms. The molecule has 2 rings (SSSR count). The molecule has 1 aromatic rings. The molecular weight excluding hydrogens is 280 g/mol. The van der Waals surface area contributed by atoms with Crippen molar-refractivity contribution in [1.82, 2.24) is 10.7 Å². The molecule has 1 saturated heterocycles. The molecule has 0 radical (unpaired) electrons. The van der Waals surface area contributed by atoms with Crippen LogP contribution in [0.3, 0.4) is 0 Å². The Balaban J connectivity index is 1.75. The first-order chi connectivity index (χ1) is 9.65. The first-order valence-electron chi connectivity index (χ1n) is 6.31. The van der Waals surface area contributed by atoms with Gasteiger partial charge in [0.25, 0.3) is 5.69 Å². The van der Waals surface area contributed by atoms with Crippen LogP contribution in [0.2, 0.25) is 0 Å². The third-order valence-corrected chi connectivity index (χ3v) is 3.14. The van der Waals surface area contributed by atoms with Crippen LogP contribution in [-0.2, 0) is 4.74 Å². The fourth-order valence-corrected chi connectivity index (χ4v) is 2.02. The first-order valence-corrected chi connectivity index (χ1v) is 6.72. The highest BCUT2D eigenvalue weighted by atomic mass is 32.1. The summed E-state index contributed by atoms with van der Waals surface area (Å²) < 4.78 is 5.46. The average molecular weight is 296 g/mol. The molecular formula is C12H16N4O3S. The maximum Gasteiger partial charge on any atom is 0.271 e. The van der Waals surface area contributed by atoms with Gasteiger partial charge in [0.15, 0.2) is 5.11 Å². The Morgan fingerprint density at radius 1 is 1.55 bits per heavy atom. The van der Waals surface area contributed by atoms with Gasteiger partial charge in [0.1, 0.15) is 0 Å². The standard InChI is InChI=1S/C12H16N4O3S/c17-16(18)10-4-1-3-9(7-10)14-15-12(20)13-8-11-5-2-6-19-11/h1,3-4,7,11,14H,2,5-6,8H2,(H2,13,15,20)/t11-/m0/s1. The number of ether oxygens (including phenoxy) is 1. The lowest BCUT2D eigenvalue weighted by molar-refractivity contribution is -0.384. The molecule has 1 aliphatic heterocycles. The number of nitro groups is 1. The smallest absolute Gasteiger partial charge is 0.271 e. The van der Waals surface area contributed by atoms with E-state index in [4.69, 9.17) is 17.0 Å². The van der Waals surface area contributed by atoms with Crippen LogP contribution < -0.4 is 16.2 Å². The van der Waals surface area contributed by atoms with Gasteiger partial charge < -0.3 is 10.1 Å². The van der Waals surface area contributed by atoms with Crippen molar-refractivity contribution in [1.29, 1.82) is 0 Å². The second-order valence-corrected chi connectivity index (χ2v) is 4.81. The Morgan fingerprint density at radius 3 is 3.10 bits per heavy atom. The van der Waals surface area contributed by atoms with Gasteiger partial charge in [-0.15, -0.1) is 0 Å². The molecule has 1 atom stereocenters. The van der Waals surface area contributed by atoms with Crippen molar-refractivity contribution in [2.24, 2.45) is 0 Å². The zero-order valence-corrected chi connectivity index (χ0v) is 11.6. The Hall–Kier alpha value is -1.93. The predicted octanol–water partition coefficient (Wildman–Crippen LogP) is 1.56. The van der Waals surface area contributed by atoms with E-state index in [0.717, 1.165) is 19.4 Å². The van der Waals surface area contributed by atoms with Crippen molar-refractivity contribution >= 4 is 28.7 Å². The number of nitrogens with one attached hydrogen (secondary N) is 3. The normalized spacial score (nSPS) is 17.5. The van der Waals surface area contributed by atoms with Crippen LogP contribution in [0.15, 0.2) is 24.3 Å². The minimum absolute atomic E-state index is 0.0232. The van der Waals surface area contributed by atoms with Crippen LogP contribution in [0.1, 0.15) is 12.8 Å². The van der Waals surface area contributed by atoms with E-state index in [1.807, 2.05) is 0 Å². The number of anilines is 1. The van der Waals surface area contributed by atoms with Gasteiger partial charge in [-0.1, -0.05) is 6.07 Å². The van der Waals surface area contributed by atoms with E-state index in [0.29, 0.717) is 17.3 Å². The quantitative estimate of drug-likeness (QED) is 0.432. The van der Waals surface area contributed by atoms with Gasteiger partial charge in [0.2, 0.25) is 0 Å². The summed E-state index contributed by atoms with van der Waals surface area (Å²) in [6, 6.07) is 6.17. The van der Waals surface area contributed by atoms with Gasteiger partial charge in [0.05, 0.1) is 16.7 Å². The van der Waals surface area contributed by atoms with Crippen molar-refractivity contribution in [3.8, 4) is 0 Å². The summed E-state index contributed by atoms with van der Waals surface area (Å²) in [5.74, 6) is 0. The number of nitrogens with zero attached hydrogens (tertiary/aromatic N) is 1. The Labute approximate surface area is 121 Å². The number of rotatable bonds is 5. The largest absolute Gasteiger partial charge is 0.376 e. The van der Waals surface area contributed by atoms with Crippen LogP contribution in [0, 0.1) is 10.1 Å². The van der Waals surface area contributed by atoms with E-state index in [1.165, 1.54) is 12.1 Å². The molecule has 1 fully saturated rings. The van der Waals surface area contributed by atoms with Crippen LogP contribution >= 0.6 is 12.2 Å². The van der Waals surface area contributed by atoms with Crippen molar-refractivity contribution in [3.05, 3.63) is 34.4 Å². The lowest BCUT2D eigenvalue weighted by Gasteiger charge is -2.15. The second kappa shape index (κ2) is 7.01. The predicted molar refractivity (Wildman–Crippen MR) is 79.4 cm³/mol. The summed E-state index contributed by atoms with van der Waals surface area (Å²) in [6.07, 6.45) is 2.32. The zero-order chi connectivity index (χ0) is 14.4. The van der Waals surface area contributed by atoms with E-state index in [2.05, 4.69) is 16.2 Å². The Bertz CT molecular complexity index is 491. The fourth-order valence-electron chi connectivity index (χ4n) is 1.88. The highest BCUT2D eigenvalue weighted by Gasteiger charge is 2.15. The number of non-ortho nitro benzene ring substituents is 1. The molecule has 0 amide bonds. The maximum absolute atomic E-state index is 10.6. The monoisotopic (exact) mass is 296 g/mol. The van der Waals surface area contributed by atoms with E-state index >= 15 is 0 Å². The number of hydrazine groups is 1. The lowest BCUT2D eigenvalue weighted by atomic mass is 10.2. The van der Waals surface area contributed by atoms with E-state index in [-0.39, 0.29) is 11.8 Å². The molecule has 7 nitrogen and oxygen atoms in total. The number of hydrogen-bond acceptors (Lipinski definition) is 5. The molecule has 3 N–H and O–H groups in total. The molecule has 1 aromatic carbocycles. The summed E-state index contributed by atoms with van der Waals surface area (Å²) in [7, 11) is 0. The van der Waals surface area contributed by atoms with Crippen molar-refractivity contribution < 1.29 is 9.66 Å². The van der Waals surface area contributed by atoms with Crippen molar-refractivity contribution in [3.63, 3.8) is 0 Å². The molecule has 1 aliphatic rings. The van der Waals surface area contributed by atoms with Gasteiger partial charge >= 0.3 is 0 Å². The number of benzene rings is 1. The van der Waals surface area contributed by atoms with Gasteiger partial charge in [-0.2, -0.15) is 0 Å². The summed E-state index contributed by atoms with van der Waals surface area (Å²) in [5.41, 5.74) is 6.19. The maximum atomic E-state index is 10.6. The van der Waals surface area contributed by atoms with Gasteiger partial charge in [0, 0.05) is 25.3 Å². The molecule has 1 heterocycles. The molecule has 0 saturated carbocycles. The highest BCUT2D eigenvalue weighted by molar-refractivity contribution is 7.80. The molecule has 108 valence electrons. The summed E-state index contributed by atoms with van der Waals surface area (Å²) in [6.45, 7) is 1.46. The first kappa shape index (κ1) is 14.5. The molecule has 0 aromatic heterocycles. The topological polar surface area (TPSA) is 88.5 Å². The molecule has 0 bridgehead atoms. The SMILES string of the molecule is O=[N+]([O-])c1cccc(NNC(=S)NC[C@@H]2CCCO2)c1. The molecule has 8 heteroatoms. The van der Waals surface area contributed by atoms with Crippen LogP contribution in [-0.4, -0.2) is 29.3 Å². The third-order valence-electron chi connectivity index (χ3n) is 2.89. The van der Waals surface area contributed by atoms with E-state index in [1.54, 1.807) is 12.1 Å².